The van der Waals surface area contributed by atoms with Gasteiger partial charge in [0.1, 0.15) is 0 Å². The number of carbonyl (C=O) groups is 3. The van der Waals surface area contributed by atoms with E-state index in [2.05, 4.69) is 16.0 Å². The Bertz CT molecular complexity index is 983. The van der Waals surface area contributed by atoms with Crippen molar-refractivity contribution in [3.8, 4) is 0 Å². The van der Waals surface area contributed by atoms with Crippen LogP contribution >= 0.6 is 0 Å². The summed E-state index contributed by atoms with van der Waals surface area (Å²) in [6, 6.07) is 10.7. The summed E-state index contributed by atoms with van der Waals surface area (Å²) in [7, 11) is 0. The first-order valence-corrected chi connectivity index (χ1v) is 9.57. The maximum absolute atomic E-state index is 12.2. The molecule has 0 saturated heterocycles. The first kappa shape index (κ1) is 21.0. The third kappa shape index (κ3) is 5.40. The van der Waals surface area contributed by atoms with Gasteiger partial charge in [-0.25, -0.2) is 0 Å². The van der Waals surface area contributed by atoms with Crippen LogP contribution in [0.25, 0.3) is 0 Å². The lowest BCUT2D eigenvalue weighted by molar-refractivity contribution is -0.385. The van der Waals surface area contributed by atoms with Crippen molar-refractivity contribution in [2.75, 3.05) is 18.4 Å². The number of anilines is 1. The predicted molar refractivity (Wildman–Crippen MR) is 110 cm³/mol. The number of nitrogens with one attached hydrogen (secondary N) is 3. The molecule has 3 amide bonds. The molecule has 0 spiro atoms. The van der Waals surface area contributed by atoms with E-state index in [0.29, 0.717) is 22.4 Å². The third-order valence-corrected chi connectivity index (χ3v) is 4.71. The minimum absolute atomic E-state index is 0.00570. The molecule has 0 radical (unpaired) electrons. The third-order valence-electron chi connectivity index (χ3n) is 4.71. The largest absolute Gasteiger partial charge is 0.350 e. The van der Waals surface area contributed by atoms with Gasteiger partial charge in [-0.1, -0.05) is 0 Å². The summed E-state index contributed by atoms with van der Waals surface area (Å²) in [6.07, 6.45) is 1.85. The van der Waals surface area contributed by atoms with Gasteiger partial charge in [-0.3, -0.25) is 24.5 Å². The Hall–Kier alpha value is -3.75. The number of hydrogen-bond donors (Lipinski definition) is 3. The molecule has 0 heterocycles. The van der Waals surface area contributed by atoms with Crippen LogP contribution in [0.5, 0.6) is 0 Å². The van der Waals surface area contributed by atoms with E-state index in [1.54, 1.807) is 31.2 Å². The van der Waals surface area contributed by atoms with Gasteiger partial charge in [0.15, 0.2) is 0 Å². The molecule has 0 unspecified atom stereocenters. The van der Waals surface area contributed by atoms with E-state index >= 15 is 0 Å². The van der Waals surface area contributed by atoms with Crippen LogP contribution in [0.3, 0.4) is 0 Å². The number of nitro benzene ring substituents is 1. The van der Waals surface area contributed by atoms with Crippen molar-refractivity contribution < 1.29 is 19.3 Å². The average molecular weight is 410 g/mol. The lowest BCUT2D eigenvalue weighted by atomic mass is 10.1. The molecule has 1 aliphatic carbocycles. The van der Waals surface area contributed by atoms with Crippen LogP contribution in [0.1, 0.15) is 39.1 Å². The SMILES string of the molecule is Cc1cc(C(=O)NCCNC(=O)c2ccc(NC(=O)C3CC3)cc2)ccc1[N+](=O)[O-]. The predicted octanol–water partition coefficient (Wildman–Crippen LogP) is 2.41. The monoisotopic (exact) mass is 410 g/mol. The number of nitrogens with zero attached hydrogens (tertiary/aromatic N) is 1. The fourth-order valence-corrected chi connectivity index (χ4v) is 2.85. The number of nitro groups is 1. The van der Waals surface area contributed by atoms with Crippen LogP contribution < -0.4 is 16.0 Å². The van der Waals surface area contributed by atoms with E-state index in [1.165, 1.54) is 18.2 Å². The Morgan fingerprint density at radius 3 is 2.07 bits per heavy atom. The maximum Gasteiger partial charge on any atom is 0.272 e. The second-order valence-electron chi connectivity index (χ2n) is 7.11. The zero-order valence-electron chi connectivity index (χ0n) is 16.4. The standard InChI is InChI=1S/C21H22N4O5/c1-13-12-16(6-9-18(13)25(29)30)20(27)23-11-10-22-19(26)14-4-7-17(8-5-14)24-21(28)15-2-3-15/h4-9,12,15H,2-3,10-11H2,1H3,(H,22,26)(H,23,27)(H,24,28). The van der Waals surface area contributed by atoms with E-state index in [4.69, 9.17) is 0 Å². The number of benzene rings is 2. The summed E-state index contributed by atoms with van der Waals surface area (Å²) in [6.45, 7) is 1.99. The van der Waals surface area contributed by atoms with E-state index in [-0.39, 0.29) is 42.4 Å². The Kier molecular flexibility index (Phi) is 6.41. The average Bonchev–Trinajstić information content (AvgIpc) is 3.56. The summed E-state index contributed by atoms with van der Waals surface area (Å²) >= 11 is 0. The highest BCUT2D eigenvalue weighted by Crippen LogP contribution is 2.30. The molecule has 1 saturated carbocycles. The molecule has 156 valence electrons. The topological polar surface area (TPSA) is 130 Å². The fourth-order valence-electron chi connectivity index (χ4n) is 2.85. The van der Waals surface area contributed by atoms with Crippen molar-refractivity contribution in [2.24, 2.45) is 5.92 Å². The number of aryl methyl sites for hydroxylation is 1. The number of carbonyl (C=O) groups excluding carboxylic acids is 3. The molecule has 9 heteroatoms. The van der Waals surface area contributed by atoms with Gasteiger partial charge in [0, 0.05) is 47.5 Å². The van der Waals surface area contributed by atoms with Gasteiger partial charge in [0.05, 0.1) is 4.92 Å². The molecule has 0 bridgehead atoms. The number of rotatable bonds is 8. The van der Waals surface area contributed by atoms with Gasteiger partial charge in [-0.15, -0.1) is 0 Å². The van der Waals surface area contributed by atoms with Gasteiger partial charge in [-0.05, 0) is 56.2 Å². The van der Waals surface area contributed by atoms with Crippen molar-refractivity contribution in [1.82, 2.24) is 10.6 Å². The highest BCUT2D eigenvalue weighted by molar-refractivity contribution is 5.97. The number of hydrogen-bond acceptors (Lipinski definition) is 5. The molecule has 3 rings (SSSR count). The number of amides is 3. The fraction of sp³-hybridized carbons (Fsp3) is 0.286. The smallest absolute Gasteiger partial charge is 0.272 e. The molecule has 9 nitrogen and oxygen atoms in total. The Balaban J connectivity index is 1.43. The Morgan fingerprint density at radius 1 is 0.967 bits per heavy atom. The summed E-state index contributed by atoms with van der Waals surface area (Å²) in [5, 5.41) is 19.0. The molecular formula is C21H22N4O5. The van der Waals surface area contributed by atoms with Crippen LogP contribution in [0.4, 0.5) is 11.4 Å². The van der Waals surface area contributed by atoms with E-state index in [9.17, 15) is 24.5 Å². The summed E-state index contributed by atoms with van der Waals surface area (Å²) in [4.78, 5) is 46.4. The molecular weight excluding hydrogens is 388 g/mol. The zero-order chi connectivity index (χ0) is 21.7. The lowest BCUT2D eigenvalue weighted by Gasteiger charge is -2.09. The van der Waals surface area contributed by atoms with Crippen LogP contribution in [-0.2, 0) is 4.79 Å². The van der Waals surface area contributed by atoms with Crippen molar-refractivity contribution in [3.63, 3.8) is 0 Å². The molecule has 2 aromatic rings. The Labute approximate surface area is 173 Å². The summed E-state index contributed by atoms with van der Waals surface area (Å²) < 4.78 is 0. The quantitative estimate of drug-likeness (QED) is 0.349. The van der Waals surface area contributed by atoms with E-state index in [0.717, 1.165) is 12.8 Å². The van der Waals surface area contributed by atoms with Crippen molar-refractivity contribution in [2.45, 2.75) is 19.8 Å². The molecule has 3 N–H and O–H groups in total. The minimum Gasteiger partial charge on any atom is -0.350 e. The van der Waals surface area contributed by atoms with Crippen molar-refractivity contribution >= 4 is 29.1 Å². The first-order valence-electron chi connectivity index (χ1n) is 9.57. The van der Waals surface area contributed by atoms with Crippen molar-refractivity contribution in [3.05, 3.63) is 69.3 Å². The van der Waals surface area contributed by atoms with Gasteiger partial charge >= 0.3 is 0 Å². The van der Waals surface area contributed by atoms with Crippen molar-refractivity contribution in [1.29, 1.82) is 0 Å². The van der Waals surface area contributed by atoms with Gasteiger partial charge in [0.2, 0.25) is 5.91 Å². The van der Waals surface area contributed by atoms with Crippen LogP contribution in [0.15, 0.2) is 42.5 Å². The zero-order valence-corrected chi connectivity index (χ0v) is 16.4. The summed E-state index contributed by atoms with van der Waals surface area (Å²) in [5.74, 6) is -0.558. The normalized spacial score (nSPS) is 12.7. The van der Waals surface area contributed by atoms with Crippen LogP contribution in [0.2, 0.25) is 0 Å². The molecule has 30 heavy (non-hydrogen) atoms. The lowest BCUT2D eigenvalue weighted by Crippen LogP contribution is -2.34. The van der Waals surface area contributed by atoms with Gasteiger partial charge in [-0.2, -0.15) is 0 Å². The Morgan fingerprint density at radius 2 is 1.53 bits per heavy atom. The summed E-state index contributed by atoms with van der Waals surface area (Å²) in [5.41, 5.74) is 1.76. The molecule has 2 aromatic carbocycles. The van der Waals surface area contributed by atoms with Crippen LogP contribution in [0, 0.1) is 23.0 Å². The van der Waals surface area contributed by atoms with Gasteiger partial charge in [0.25, 0.3) is 17.5 Å². The first-order chi connectivity index (χ1) is 14.3. The van der Waals surface area contributed by atoms with E-state index < -0.39 is 4.92 Å². The minimum atomic E-state index is -0.500. The second kappa shape index (κ2) is 9.17. The maximum atomic E-state index is 12.2. The molecule has 1 fully saturated rings. The molecule has 0 atom stereocenters. The molecule has 0 aliphatic heterocycles. The molecule has 0 aromatic heterocycles. The van der Waals surface area contributed by atoms with Gasteiger partial charge < -0.3 is 16.0 Å². The highest BCUT2D eigenvalue weighted by Gasteiger charge is 2.29. The van der Waals surface area contributed by atoms with Crippen LogP contribution in [-0.4, -0.2) is 35.7 Å². The second-order valence-corrected chi connectivity index (χ2v) is 7.11. The highest BCUT2D eigenvalue weighted by atomic mass is 16.6. The molecule has 1 aliphatic rings. The van der Waals surface area contributed by atoms with E-state index in [1.807, 2.05) is 0 Å².